The van der Waals surface area contributed by atoms with Crippen LogP contribution in [0.1, 0.15) is 44.2 Å². The fourth-order valence-electron chi connectivity index (χ4n) is 2.31. The van der Waals surface area contributed by atoms with E-state index in [0.717, 1.165) is 11.1 Å². The Morgan fingerprint density at radius 2 is 2.14 bits per heavy atom. The normalized spacial score (nSPS) is 16.6. The Balaban J connectivity index is 1.99. The lowest BCUT2D eigenvalue weighted by Gasteiger charge is -2.19. The Labute approximate surface area is 129 Å². The number of nitrogens with one attached hydrogen (secondary N) is 1. The zero-order valence-electron chi connectivity index (χ0n) is 13.0. The van der Waals surface area contributed by atoms with Gasteiger partial charge < -0.3 is 19.9 Å². The number of hydrogen-bond donors (Lipinski definition) is 2. The molecule has 0 aliphatic carbocycles. The predicted octanol–water partition coefficient (Wildman–Crippen LogP) is 2.66. The first kappa shape index (κ1) is 16.1. The molecule has 0 radical (unpaired) electrons. The number of carbonyl (C=O) groups excluding carboxylic acids is 1. The lowest BCUT2D eigenvalue weighted by molar-refractivity contribution is -0.137. The highest BCUT2D eigenvalue weighted by molar-refractivity contribution is 5.69. The molecule has 6 heteroatoms. The summed E-state index contributed by atoms with van der Waals surface area (Å²) in [6.07, 6.45) is -0.443. The third-order valence-corrected chi connectivity index (χ3v) is 3.21. The average molecular weight is 307 g/mol. The monoisotopic (exact) mass is 307 g/mol. The van der Waals surface area contributed by atoms with Gasteiger partial charge in [0.2, 0.25) is 0 Å². The van der Waals surface area contributed by atoms with Gasteiger partial charge in [-0.15, -0.1) is 0 Å². The molecule has 1 aliphatic rings. The molecule has 0 spiro atoms. The summed E-state index contributed by atoms with van der Waals surface area (Å²) in [5.41, 5.74) is 1.22. The van der Waals surface area contributed by atoms with Crippen molar-refractivity contribution in [2.24, 2.45) is 0 Å². The topological polar surface area (TPSA) is 84.9 Å². The Bertz CT molecular complexity index is 576. The van der Waals surface area contributed by atoms with Gasteiger partial charge in [-0.1, -0.05) is 6.07 Å². The van der Waals surface area contributed by atoms with Crippen molar-refractivity contribution in [2.45, 2.75) is 45.3 Å². The van der Waals surface area contributed by atoms with Crippen LogP contribution >= 0.6 is 0 Å². The van der Waals surface area contributed by atoms with Gasteiger partial charge in [0.25, 0.3) is 0 Å². The predicted molar refractivity (Wildman–Crippen MR) is 80.0 cm³/mol. The van der Waals surface area contributed by atoms with Crippen molar-refractivity contribution in [1.82, 2.24) is 5.32 Å². The van der Waals surface area contributed by atoms with Crippen LogP contribution in [0.4, 0.5) is 4.79 Å². The minimum atomic E-state index is -0.848. The molecule has 120 valence electrons. The van der Waals surface area contributed by atoms with Gasteiger partial charge in [0.1, 0.15) is 11.4 Å². The third kappa shape index (κ3) is 4.38. The number of amides is 1. The molecule has 6 nitrogen and oxygen atoms in total. The second-order valence-corrected chi connectivity index (χ2v) is 6.33. The molecule has 1 amide bonds. The van der Waals surface area contributed by atoms with Gasteiger partial charge in [0.15, 0.2) is 0 Å². The first-order chi connectivity index (χ1) is 10.2. The van der Waals surface area contributed by atoms with Gasteiger partial charge >= 0.3 is 12.1 Å². The second-order valence-electron chi connectivity index (χ2n) is 6.33. The number of aliphatic carboxylic acids is 1. The minimum Gasteiger partial charge on any atom is -0.493 e. The number of carboxylic acids is 1. The maximum atomic E-state index is 11.6. The number of hydrogen-bond acceptors (Lipinski definition) is 4. The third-order valence-electron chi connectivity index (χ3n) is 3.21. The van der Waals surface area contributed by atoms with Crippen LogP contribution in [-0.2, 0) is 16.1 Å². The molecule has 22 heavy (non-hydrogen) atoms. The van der Waals surface area contributed by atoms with E-state index >= 15 is 0 Å². The molecule has 1 aliphatic heterocycles. The fraction of sp³-hybridized carbons (Fsp3) is 0.500. The van der Waals surface area contributed by atoms with E-state index in [-0.39, 0.29) is 12.3 Å². The summed E-state index contributed by atoms with van der Waals surface area (Å²) in [6.45, 7) is 6.11. The van der Waals surface area contributed by atoms with E-state index in [1.165, 1.54) is 0 Å². The molecule has 0 bridgehead atoms. The summed E-state index contributed by atoms with van der Waals surface area (Å²) >= 11 is 0. The quantitative estimate of drug-likeness (QED) is 0.893. The van der Waals surface area contributed by atoms with Crippen LogP contribution in [-0.4, -0.2) is 29.4 Å². The van der Waals surface area contributed by atoms with Crippen LogP contribution in [0.25, 0.3) is 0 Å². The van der Waals surface area contributed by atoms with Gasteiger partial charge in [-0.25, -0.2) is 4.79 Å². The zero-order valence-corrected chi connectivity index (χ0v) is 13.0. The summed E-state index contributed by atoms with van der Waals surface area (Å²) < 4.78 is 10.7. The molecule has 1 aromatic carbocycles. The number of carboxylic acid groups (broad SMARTS) is 1. The van der Waals surface area contributed by atoms with Gasteiger partial charge in [-0.2, -0.15) is 0 Å². The molecule has 1 unspecified atom stereocenters. The van der Waals surface area contributed by atoms with E-state index in [4.69, 9.17) is 14.6 Å². The number of fused-ring (bicyclic) bond motifs is 1. The van der Waals surface area contributed by atoms with Crippen molar-refractivity contribution in [1.29, 1.82) is 0 Å². The van der Waals surface area contributed by atoms with Gasteiger partial charge in [-0.05, 0) is 38.5 Å². The van der Waals surface area contributed by atoms with Gasteiger partial charge in [0, 0.05) is 18.0 Å². The summed E-state index contributed by atoms with van der Waals surface area (Å²) in [7, 11) is 0. The largest absolute Gasteiger partial charge is 0.493 e. The standard InChI is InChI=1S/C16H21NO5/c1-16(2,3)22-15(20)17-8-10-4-5-13-12(6-10)11(9-21-13)7-14(18)19/h4-6,11H,7-9H2,1-3H3,(H,17,20)(H,18,19). The number of alkyl carbamates (subject to hydrolysis) is 1. The van der Waals surface area contributed by atoms with Crippen LogP contribution in [0.3, 0.4) is 0 Å². The molecule has 1 aromatic rings. The molecule has 2 rings (SSSR count). The molecule has 2 N–H and O–H groups in total. The number of carbonyl (C=O) groups is 2. The van der Waals surface area contributed by atoms with Crippen LogP contribution < -0.4 is 10.1 Å². The Morgan fingerprint density at radius 3 is 2.77 bits per heavy atom. The maximum absolute atomic E-state index is 11.6. The van der Waals surface area contributed by atoms with Crippen molar-refractivity contribution in [3.05, 3.63) is 29.3 Å². The van der Waals surface area contributed by atoms with Gasteiger partial charge in [0.05, 0.1) is 13.0 Å². The van der Waals surface area contributed by atoms with E-state index in [0.29, 0.717) is 18.9 Å². The molecule has 0 saturated carbocycles. The van der Waals surface area contributed by atoms with Crippen LogP contribution in [0.15, 0.2) is 18.2 Å². The summed E-state index contributed by atoms with van der Waals surface area (Å²) in [4.78, 5) is 22.5. The number of rotatable bonds is 4. The van der Waals surface area contributed by atoms with E-state index < -0.39 is 17.7 Å². The first-order valence-electron chi connectivity index (χ1n) is 7.19. The van der Waals surface area contributed by atoms with Crippen LogP contribution in [0, 0.1) is 0 Å². The van der Waals surface area contributed by atoms with Crippen molar-refractivity contribution in [3.8, 4) is 5.75 Å². The molecule has 1 atom stereocenters. The molecule has 1 heterocycles. The Hall–Kier alpha value is -2.24. The highest BCUT2D eigenvalue weighted by Gasteiger charge is 2.26. The highest BCUT2D eigenvalue weighted by atomic mass is 16.6. The zero-order chi connectivity index (χ0) is 16.3. The molecular formula is C16H21NO5. The molecule has 0 fully saturated rings. The number of benzene rings is 1. The van der Waals surface area contributed by atoms with Crippen LogP contribution in [0.2, 0.25) is 0 Å². The van der Waals surface area contributed by atoms with E-state index in [1.54, 1.807) is 20.8 Å². The minimum absolute atomic E-state index is 0.0376. The maximum Gasteiger partial charge on any atom is 0.407 e. The molecule has 0 aromatic heterocycles. The van der Waals surface area contributed by atoms with Crippen molar-refractivity contribution in [3.63, 3.8) is 0 Å². The lowest BCUT2D eigenvalue weighted by Crippen LogP contribution is -2.32. The van der Waals surface area contributed by atoms with Crippen molar-refractivity contribution >= 4 is 12.1 Å². The van der Waals surface area contributed by atoms with Crippen molar-refractivity contribution in [2.75, 3.05) is 6.61 Å². The van der Waals surface area contributed by atoms with Crippen molar-refractivity contribution < 1.29 is 24.2 Å². The first-order valence-corrected chi connectivity index (χ1v) is 7.19. The van der Waals surface area contributed by atoms with E-state index in [9.17, 15) is 9.59 Å². The van der Waals surface area contributed by atoms with Crippen LogP contribution in [0.5, 0.6) is 5.75 Å². The van der Waals surface area contributed by atoms with Gasteiger partial charge in [-0.3, -0.25) is 4.79 Å². The molecule has 0 saturated heterocycles. The SMILES string of the molecule is CC(C)(C)OC(=O)NCc1ccc2c(c1)C(CC(=O)O)CO2. The number of ether oxygens (including phenoxy) is 2. The summed E-state index contributed by atoms with van der Waals surface area (Å²) in [5.74, 6) is -0.278. The fourth-order valence-corrected chi connectivity index (χ4v) is 2.31. The second kappa shape index (κ2) is 6.25. The summed E-state index contributed by atoms with van der Waals surface area (Å²) in [6, 6.07) is 5.54. The smallest absolute Gasteiger partial charge is 0.407 e. The van der Waals surface area contributed by atoms with E-state index in [2.05, 4.69) is 5.32 Å². The summed E-state index contributed by atoms with van der Waals surface area (Å²) in [5, 5.41) is 11.6. The molecular weight excluding hydrogens is 286 g/mol. The van der Waals surface area contributed by atoms with E-state index in [1.807, 2.05) is 18.2 Å². The highest BCUT2D eigenvalue weighted by Crippen LogP contribution is 2.36. The average Bonchev–Trinajstić information content (AvgIpc) is 2.76. The Morgan fingerprint density at radius 1 is 1.41 bits per heavy atom. The lowest BCUT2D eigenvalue weighted by atomic mass is 9.96. The Kier molecular flexibility index (Phi) is 4.59.